The fourth-order valence-corrected chi connectivity index (χ4v) is 3.65. The number of nitrogens with zero attached hydrogens (tertiary/aromatic N) is 4. The Balaban J connectivity index is 1.99. The summed E-state index contributed by atoms with van der Waals surface area (Å²) < 4.78 is 34.7. The van der Waals surface area contributed by atoms with Crippen molar-refractivity contribution >= 4 is 23.4 Å². The number of hydrogen-bond acceptors (Lipinski definition) is 6. The highest BCUT2D eigenvalue weighted by atomic mass is 32.2. The van der Waals surface area contributed by atoms with Crippen LogP contribution in [0, 0.1) is 11.6 Å². The largest absolute Gasteiger partial charge is 0.447 e. The van der Waals surface area contributed by atoms with E-state index < -0.39 is 23.8 Å². The van der Waals surface area contributed by atoms with Crippen LogP contribution < -0.4 is 9.64 Å². The molecule has 148 valence electrons. The normalized spacial score (nSPS) is 15.2. The Morgan fingerprint density at radius 1 is 1.21 bits per heavy atom. The second kappa shape index (κ2) is 7.75. The molecular formula is C20H16F2N4O2S. The molecule has 0 aliphatic carbocycles. The molecule has 1 aromatic heterocycles. The number of halogens is 2. The molecule has 3 aromatic rings. The van der Waals surface area contributed by atoms with E-state index in [1.807, 2.05) is 6.92 Å². The zero-order valence-corrected chi connectivity index (χ0v) is 16.4. The first-order chi connectivity index (χ1) is 14.0. The first-order valence-electron chi connectivity index (χ1n) is 8.88. The van der Waals surface area contributed by atoms with E-state index in [2.05, 4.69) is 15.2 Å². The van der Waals surface area contributed by atoms with Crippen LogP contribution in [-0.2, 0) is 4.79 Å². The van der Waals surface area contributed by atoms with E-state index in [-0.39, 0.29) is 17.1 Å². The number of amides is 1. The number of hydrogen-bond donors (Lipinski definition) is 0. The van der Waals surface area contributed by atoms with Crippen molar-refractivity contribution in [2.45, 2.75) is 25.2 Å². The molecule has 29 heavy (non-hydrogen) atoms. The smallest absolute Gasteiger partial charge is 0.247 e. The van der Waals surface area contributed by atoms with E-state index in [0.29, 0.717) is 22.2 Å². The van der Waals surface area contributed by atoms with Gasteiger partial charge in [-0.05, 0) is 30.0 Å². The highest BCUT2D eigenvalue weighted by Gasteiger charge is 2.36. The van der Waals surface area contributed by atoms with Gasteiger partial charge < -0.3 is 4.74 Å². The maximum Gasteiger partial charge on any atom is 0.247 e. The molecule has 9 heteroatoms. The van der Waals surface area contributed by atoms with E-state index in [1.165, 1.54) is 53.9 Å². The van der Waals surface area contributed by atoms with E-state index in [4.69, 9.17) is 4.74 Å². The fraction of sp³-hybridized carbons (Fsp3) is 0.200. The van der Waals surface area contributed by atoms with Gasteiger partial charge in [-0.25, -0.2) is 8.78 Å². The minimum absolute atomic E-state index is 0.0554. The number of rotatable bonds is 3. The number of carbonyl (C=O) groups excluding carboxylic acids is 1. The Kier molecular flexibility index (Phi) is 5.14. The molecule has 0 bridgehead atoms. The summed E-state index contributed by atoms with van der Waals surface area (Å²) in [6, 6.07) is 9.90. The zero-order chi connectivity index (χ0) is 20.5. The van der Waals surface area contributed by atoms with Gasteiger partial charge in [0.15, 0.2) is 5.69 Å². The highest BCUT2D eigenvalue weighted by Crippen LogP contribution is 2.44. The van der Waals surface area contributed by atoms with Crippen LogP contribution in [0.1, 0.15) is 25.6 Å². The SMILES string of the molecule is CCSc1nnc2c(n1)O[C@H](c1ccccc1F)N(C(C)=O)c1ccc(F)cc1-2. The molecule has 0 saturated carbocycles. The lowest BCUT2D eigenvalue weighted by Crippen LogP contribution is -2.36. The summed E-state index contributed by atoms with van der Waals surface area (Å²) in [5.74, 6) is -0.700. The average molecular weight is 414 g/mol. The van der Waals surface area contributed by atoms with E-state index in [1.54, 1.807) is 12.1 Å². The summed E-state index contributed by atoms with van der Waals surface area (Å²) in [5, 5.41) is 8.60. The molecule has 0 N–H and O–H groups in total. The molecule has 1 aliphatic heterocycles. The van der Waals surface area contributed by atoms with Gasteiger partial charge in [0.05, 0.1) is 5.69 Å². The Hall–Kier alpha value is -3.07. The lowest BCUT2D eigenvalue weighted by Gasteiger charge is -2.30. The van der Waals surface area contributed by atoms with Gasteiger partial charge in [0.25, 0.3) is 0 Å². The highest BCUT2D eigenvalue weighted by molar-refractivity contribution is 7.99. The summed E-state index contributed by atoms with van der Waals surface area (Å²) in [6.45, 7) is 3.27. The number of carbonyl (C=O) groups is 1. The van der Waals surface area contributed by atoms with Gasteiger partial charge in [-0.1, -0.05) is 36.9 Å². The van der Waals surface area contributed by atoms with Crippen LogP contribution in [0.5, 0.6) is 5.88 Å². The third-order valence-corrected chi connectivity index (χ3v) is 5.07. The van der Waals surface area contributed by atoms with Gasteiger partial charge in [-0.2, -0.15) is 4.98 Å². The van der Waals surface area contributed by atoms with E-state index >= 15 is 0 Å². The van der Waals surface area contributed by atoms with Crippen LogP contribution >= 0.6 is 11.8 Å². The lowest BCUT2D eigenvalue weighted by molar-refractivity contribution is -0.118. The second-order valence-electron chi connectivity index (χ2n) is 6.22. The molecule has 1 aliphatic rings. The molecule has 0 radical (unpaired) electrons. The molecule has 0 fully saturated rings. The monoisotopic (exact) mass is 414 g/mol. The Morgan fingerprint density at radius 2 is 2.00 bits per heavy atom. The molecule has 0 spiro atoms. The molecule has 0 unspecified atom stereocenters. The number of anilines is 1. The quantitative estimate of drug-likeness (QED) is 0.593. The zero-order valence-electron chi connectivity index (χ0n) is 15.6. The van der Waals surface area contributed by atoms with Gasteiger partial charge in [0.2, 0.25) is 23.2 Å². The van der Waals surface area contributed by atoms with Crippen molar-refractivity contribution < 1.29 is 18.3 Å². The second-order valence-corrected chi connectivity index (χ2v) is 7.45. The maximum absolute atomic E-state index is 14.6. The molecular weight excluding hydrogens is 398 g/mol. The van der Waals surface area contributed by atoms with Crippen LogP contribution in [0.15, 0.2) is 47.6 Å². The molecule has 1 amide bonds. The molecule has 0 saturated heterocycles. The van der Waals surface area contributed by atoms with Crippen LogP contribution in [0.4, 0.5) is 14.5 Å². The number of thioether (sulfide) groups is 1. The van der Waals surface area contributed by atoms with Gasteiger partial charge in [0, 0.05) is 18.1 Å². The van der Waals surface area contributed by atoms with E-state index in [9.17, 15) is 13.6 Å². The Labute approximate surface area is 169 Å². The molecule has 2 aromatic carbocycles. The third-order valence-electron chi connectivity index (χ3n) is 4.35. The predicted molar refractivity (Wildman–Crippen MR) is 105 cm³/mol. The van der Waals surface area contributed by atoms with Crippen molar-refractivity contribution in [2.24, 2.45) is 0 Å². The van der Waals surface area contributed by atoms with Crippen LogP contribution in [-0.4, -0.2) is 26.8 Å². The number of aromatic nitrogens is 3. The minimum atomic E-state index is -1.14. The Morgan fingerprint density at radius 3 is 2.72 bits per heavy atom. The molecule has 1 atom stereocenters. The summed E-state index contributed by atoms with van der Waals surface area (Å²) in [7, 11) is 0. The van der Waals surface area contributed by atoms with Gasteiger partial charge >= 0.3 is 0 Å². The van der Waals surface area contributed by atoms with Crippen molar-refractivity contribution in [2.75, 3.05) is 10.7 Å². The summed E-state index contributed by atoms with van der Waals surface area (Å²) in [4.78, 5) is 18.2. The minimum Gasteiger partial charge on any atom is -0.447 e. The fourth-order valence-electron chi connectivity index (χ4n) is 3.14. The van der Waals surface area contributed by atoms with Crippen molar-refractivity contribution in [3.8, 4) is 17.1 Å². The lowest BCUT2D eigenvalue weighted by atomic mass is 10.1. The number of fused-ring (bicyclic) bond motifs is 3. The van der Waals surface area contributed by atoms with Crippen LogP contribution in [0.25, 0.3) is 11.3 Å². The summed E-state index contributed by atoms with van der Waals surface area (Å²) in [5.41, 5.74) is 0.958. The van der Waals surface area contributed by atoms with Crippen LogP contribution in [0.2, 0.25) is 0 Å². The topological polar surface area (TPSA) is 68.2 Å². The number of benzene rings is 2. The van der Waals surface area contributed by atoms with Gasteiger partial charge in [-0.15, -0.1) is 10.2 Å². The summed E-state index contributed by atoms with van der Waals surface area (Å²) >= 11 is 1.35. The standard InChI is InChI=1S/C20H16F2N4O2S/c1-3-29-20-23-18-17(24-25-20)14-10-12(21)8-9-16(14)26(11(2)27)19(28-18)13-6-4-5-7-15(13)22/h4-10,19H,3H2,1-2H3/t19-/m1/s1. The first-order valence-corrected chi connectivity index (χ1v) is 9.86. The van der Waals surface area contributed by atoms with Crippen molar-refractivity contribution in [1.82, 2.24) is 15.2 Å². The summed E-state index contributed by atoms with van der Waals surface area (Å²) in [6.07, 6.45) is -1.14. The predicted octanol–water partition coefficient (Wildman–Crippen LogP) is 4.37. The molecule has 2 heterocycles. The number of ether oxygens (including phenoxy) is 1. The van der Waals surface area contributed by atoms with Crippen molar-refractivity contribution in [3.05, 3.63) is 59.7 Å². The van der Waals surface area contributed by atoms with E-state index in [0.717, 1.165) is 0 Å². The third kappa shape index (κ3) is 3.53. The van der Waals surface area contributed by atoms with Gasteiger partial charge in [0.1, 0.15) is 11.6 Å². The Bertz CT molecular complexity index is 1100. The average Bonchev–Trinajstić information content (AvgIpc) is 2.82. The van der Waals surface area contributed by atoms with Crippen molar-refractivity contribution in [1.29, 1.82) is 0 Å². The molecule has 4 rings (SSSR count). The molecule has 6 nitrogen and oxygen atoms in total. The van der Waals surface area contributed by atoms with Gasteiger partial charge in [-0.3, -0.25) is 9.69 Å². The first kappa shape index (κ1) is 19.3. The van der Waals surface area contributed by atoms with Crippen molar-refractivity contribution in [3.63, 3.8) is 0 Å². The van der Waals surface area contributed by atoms with Crippen LogP contribution in [0.3, 0.4) is 0 Å². The maximum atomic E-state index is 14.6.